The number of guanidine groups is 1. The maximum Gasteiger partial charge on any atom is 0.407 e. The number of nitrogens with zero attached hydrogens (tertiary/aromatic N) is 2. The molecule has 11 heteroatoms. The third-order valence-electron chi connectivity index (χ3n) is 3.99. The maximum atomic E-state index is 12.3. The van der Waals surface area contributed by atoms with Crippen LogP contribution in [0.15, 0.2) is 4.99 Å². The van der Waals surface area contributed by atoms with E-state index in [1.54, 1.807) is 7.05 Å². The monoisotopic (exact) mass is 538 g/mol. The number of aliphatic imine (C=N–C) groups is 1. The molecule has 1 rings (SSSR count). The van der Waals surface area contributed by atoms with E-state index in [0.717, 1.165) is 12.8 Å². The van der Waals surface area contributed by atoms with E-state index in [1.165, 1.54) is 0 Å². The smallest absolute Gasteiger partial charge is 0.407 e. The first kappa shape index (κ1) is 28.0. The van der Waals surface area contributed by atoms with Gasteiger partial charge in [-0.1, -0.05) is 0 Å². The topological polar surface area (TPSA) is 75.2 Å². The number of ether oxygens (including phenoxy) is 2. The number of piperidine rings is 1. The Labute approximate surface area is 188 Å². The summed E-state index contributed by atoms with van der Waals surface area (Å²) in [6, 6.07) is 0. The van der Waals surface area contributed by atoms with Gasteiger partial charge in [-0.05, 0) is 40.0 Å². The first-order valence-corrected chi connectivity index (χ1v) is 9.61. The number of alkyl halides is 3. The summed E-state index contributed by atoms with van der Waals surface area (Å²) in [5.74, 6) is 0.490. The second-order valence-electron chi connectivity index (χ2n) is 7.68. The molecule has 2 N–H and O–H groups in total. The van der Waals surface area contributed by atoms with Gasteiger partial charge >= 0.3 is 12.3 Å². The summed E-state index contributed by atoms with van der Waals surface area (Å²) in [6.45, 7) is 7.59. The standard InChI is InChI=1S/C18H33F3N4O3.HI/c1-17(2,3)28-16(26)24-9-5-13-27-14-6-11-25(12-7-14)15(22-4)23-10-8-18(19,20)21;/h14H,5-13H2,1-4H3,(H,22,23)(H,24,26);1H. The number of halogens is 4. The Balaban J connectivity index is 0.00000784. The zero-order valence-electron chi connectivity index (χ0n) is 17.6. The molecule has 0 aromatic carbocycles. The number of rotatable bonds is 7. The van der Waals surface area contributed by atoms with Gasteiger partial charge in [0, 0.05) is 39.8 Å². The van der Waals surface area contributed by atoms with Crippen molar-refractivity contribution in [3.8, 4) is 0 Å². The number of hydrogen-bond acceptors (Lipinski definition) is 4. The molecule has 1 heterocycles. The molecule has 0 aliphatic carbocycles. The van der Waals surface area contributed by atoms with Crippen LogP contribution in [-0.2, 0) is 9.47 Å². The number of alkyl carbamates (subject to hydrolysis) is 1. The van der Waals surface area contributed by atoms with Gasteiger partial charge in [-0.15, -0.1) is 24.0 Å². The zero-order chi connectivity index (χ0) is 21.2. The first-order chi connectivity index (χ1) is 13.0. The lowest BCUT2D eigenvalue weighted by atomic mass is 10.1. The molecule has 0 unspecified atom stereocenters. The first-order valence-electron chi connectivity index (χ1n) is 9.61. The summed E-state index contributed by atoms with van der Waals surface area (Å²) in [5, 5.41) is 5.44. The number of amides is 1. The van der Waals surface area contributed by atoms with Crippen LogP contribution in [-0.4, -0.2) is 74.7 Å². The molecule has 1 fully saturated rings. The van der Waals surface area contributed by atoms with Crippen molar-refractivity contribution in [1.82, 2.24) is 15.5 Å². The molecule has 0 saturated carbocycles. The minimum Gasteiger partial charge on any atom is -0.444 e. The Morgan fingerprint density at radius 3 is 2.28 bits per heavy atom. The maximum absolute atomic E-state index is 12.3. The highest BCUT2D eigenvalue weighted by molar-refractivity contribution is 14.0. The minimum atomic E-state index is -4.18. The molecule has 1 aliphatic heterocycles. The second kappa shape index (κ2) is 13.3. The number of hydrogen-bond donors (Lipinski definition) is 2. The van der Waals surface area contributed by atoms with E-state index in [0.29, 0.717) is 38.6 Å². The van der Waals surface area contributed by atoms with Crippen LogP contribution in [0.25, 0.3) is 0 Å². The fourth-order valence-electron chi connectivity index (χ4n) is 2.71. The number of nitrogens with one attached hydrogen (secondary N) is 2. The molecule has 0 radical (unpaired) electrons. The Kier molecular flexibility index (Phi) is 12.9. The van der Waals surface area contributed by atoms with Crippen molar-refractivity contribution in [3.63, 3.8) is 0 Å². The Morgan fingerprint density at radius 1 is 1.14 bits per heavy atom. The van der Waals surface area contributed by atoms with Gasteiger partial charge in [0.1, 0.15) is 5.60 Å². The van der Waals surface area contributed by atoms with E-state index in [4.69, 9.17) is 9.47 Å². The molecule has 0 aromatic heterocycles. The predicted molar refractivity (Wildman–Crippen MR) is 117 cm³/mol. The summed E-state index contributed by atoms with van der Waals surface area (Å²) in [6.07, 6.45) is -3.16. The number of carbonyl (C=O) groups excluding carboxylic acids is 1. The second-order valence-corrected chi connectivity index (χ2v) is 7.68. The van der Waals surface area contributed by atoms with Gasteiger partial charge in [-0.2, -0.15) is 13.2 Å². The number of likely N-dealkylation sites (tertiary alicyclic amines) is 1. The van der Waals surface area contributed by atoms with E-state index in [-0.39, 0.29) is 36.6 Å². The van der Waals surface area contributed by atoms with E-state index >= 15 is 0 Å². The highest BCUT2D eigenvalue weighted by atomic mass is 127. The summed E-state index contributed by atoms with van der Waals surface area (Å²) in [7, 11) is 1.57. The highest BCUT2D eigenvalue weighted by Gasteiger charge is 2.27. The van der Waals surface area contributed by atoms with Crippen LogP contribution >= 0.6 is 24.0 Å². The molecular formula is C18H34F3IN4O3. The molecule has 1 amide bonds. The molecule has 29 heavy (non-hydrogen) atoms. The predicted octanol–water partition coefficient (Wildman–Crippen LogP) is 3.53. The SMILES string of the molecule is CN=C(NCCC(F)(F)F)N1CCC(OCCCNC(=O)OC(C)(C)C)CC1.I. The van der Waals surface area contributed by atoms with E-state index in [2.05, 4.69) is 15.6 Å². The van der Waals surface area contributed by atoms with Gasteiger partial charge in [0.25, 0.3) is 0 Å². The van der Waals surface area contributed by atoms with Crippen LogP contribution in [0.5, 0.6) is 0 Å². The summed E-state index contributed by atoms with van der Waals surface area (Å²) in [4.78, 5) is 17.5. The van der Waals surface area contributed by atoms with Crippen molar-refractivity contribution in [3.05, 3.63) is 0 Å². The largest absolute Gasteiger partial charge is 0.444 e. The highest BCUT2D eigenvalue weighted by Crippen LogP contribution is 2.18. The molecule has 0 atom stereocenters. The minimum absolute atomic E-state index is 0. The molecule has 1 saturated heterocycles. The van der Waals surface area contributed by atoms with Gasteiger partial charge < -0.3 is 25.0 Å². The normalized spacial score (nSPS) is 16.2. The van der Waals surface area contributed by atoms with Crippen molar-refractivity contribution in [2.45, 2.75) is 64.3 Å². The lowest BCUT2D eigenvalue weighted by Crippen LogP contribution is -2.47. The summed E-state index contributed by atoms with van der Waals surface area (Å²) < 4.78 is 47.7. The molecule has 172 valence electrons. The summed E-state index contributed by atoms with van der Waals surface area (Å²) in [5.41, 5.74) is -0.517. The zero-order valence-corrected chi connectivity index (χ0v) is 19.9. The average molecular weight is 538 g/mol. The lowest BCUT2D eigenvalue weighted by molar-refractivity contribution is -0.132. The van der Waals surface area contributed by atoms with E-state index < -0.39 is 24.3 Å². The van der Waals surface area contributed by atoms with Crippen LogP contribution in [0.3, 0.4) is 0 Å². The van der Waals surface area contributed by atoms with E-state index in [9.17, 15) is 18.0 Å². The van der Waals surface area contributed by atoms with Crippen molar-refractivity contribution in [2.75, 3.05) is 39.8 Å². The fourth-order valence-corrected chi connectivity index (χ4v) is 2.71. The molecule has 0 spiro atoms. The van der Waals surface area contributed by atoms with Crippen LogP contribution in [0, 0.1) is 0 Å². The average Bonchev–Trinajstić information content (AvgIpc) is 2.57. The van der Waals surface area contributed by atoms with Gasteiger partial charge in [-0.3, -0.25) is 4.99 Å². The van der Waals surface area contributed by atoms with Gasteiger partial charge in [-0.25, -0.2) is 4.79 Å². The third-order valence-corrected chi connectivity index (χ3v) is 3.99. The molecule has 0 bridgehead atoms. The molecule has 0 aromatic rings. The molecule has 7 nitrogen and oxygen atoms in total. The van der Waals surface area contributed by atoms with Crippen LogP contribution in [0.1, 0.15) is 46.5 Å². The van der Waals surface area contributed by atoms with Crippen molar-refractivity contribution in [1.29, 1.82) is 0 Å². The Hall–Kier alpha value is -0.980. The van der Waals surface area contributed by atoms with Crippen LogP contribution in [0.2, 0.25) is 0 Å². The lowest BCUT2D eigenvalue weighted by Gasteiger charge is -2.34. The van der Waals surface area contributed by atoms with Crippen molar-refractivity contribution >= 4 is 36.0 Å². The van der Waals surface area contributed by atoms with Crippen molar-refractivity contribution in [2.24, 2.45) is 4.99 Å². The van der Waals surface area contributed by atoms with Gasteiger partial charge in [0.2, 0.25) is 0 Å². The quantitative estimate of drug-likeness (QED) is 0.225. The Bertz CT molecular complexity index is 506. The molecule has 1 aliphatic rings. The van der Waals surface area contributed by atoms with Gasteiger partial charge in [0.15, 0.2) is 5.96 Å². The Morgan fingerprint density at radius 2 is 1.76 bits per heavy atom. The molecular weight excluding hydrogens is 504 g/mol. The fraction of sp³-hybridized carbons (Fsp3) is 0.889. The van der Waals surface area contributed by atoms with Crippen LogP contribution in [0.4, 0.5) is 18.0 Å². The van der Waals surface area contributed by atoms with Crippen LogP contribution < -0.4 is 10.6 Å². The van der Waals surface area contributed by atoms with Gasteiger partial charge in [0.05, 0.1) is 12.5 Å². The summed E-state index contributed by atoms with van der Waals surface area (Å²) >= 11 is 0. The number of carbonyl (C=O) groups is 1. The third kappa shape index (κ3) is 13.8. The van der Waals surface area contributed by atoms with Crippen molar-refractivity contribution < 1.29 is 27.4 Å². The van der Waals surface area contributed by atoms with E-state index in [1.807, 2.05) is 25.7 Å².